The molecule has 0 saturated heterocycles. The predicted octanol–water partition coefficient (Wildman–Crippen LogP) is 2.07. The predicted molar refractivity (Wildman–Crippen MR) is 82.4 cm³/mol. The van der Waals surface area contributed by atoms with E-state index in [9.17, 15) is 9.90 Å². The third-order valence-corrected chi connectivity index (χ3v) is 3.51. The van der Waals surface area contributed by atoms with Gasteiger partial charge in [-0.3, -0.25) is 4.79 Å². The number of carbonyl (C=O) groups excluding carboxylic acids is 1. The van der Waals surface area contributed by atoms with Gasteiger partial charge in [0, 0.05) is 5.69 Å². The van der Waals surface area contributed by atoms with Crippen LogP contribution in [0.1, 0.15) is 39.7 Å². The van der Waals surface area contributed by atoms with Crippen LogP contribution < -0.4 is 11.1 Å². The van der Waals surface area contributed by atoms with Crippen molar-refractivity contribution in [2.24, 2.45) is 5.92 Å². The average molecular weight is 278 g/mol. The molecule has 1 amide bonds. The molecular formula is C16H26N2O2. The maximum Gasteiger partial charge on any atom is 0.230 e. The highest BCUT2D eigenvalue weighted by Gasteiger charge is 2.31. The van der Waals surface area contributed by atoms with Crippen molar-refractivity contribution in [3.05, 3.63) is 29.8 Å². The second kappa shape index (κ2) is 6.75. The second-order valence-corrected chi connectivity index (χ2v) is 6.23. The Morgan fingerprint density at radius 1 is 1.30 bits per heavy atom. The first kappa shape index (κ1) is 16.5. The fourth-order valence-corrected chi connectivity index (χ4v) is 2.14. The number of amides is 1. The van der Waals surface area contributed by atoms with Gasteiger partial charge in [0.1, 0.15) is 0 Å². The summed E-state index contributed by atoms with van der Waals surface area (Å²) >= 11 is 0. The van der Waals surface area contributed by atoms with Crippen LogP contribution in [0.2, 0.25) is 0 Å². The molecule has 1 atom stereocenters. The van der Waals surface area contributed by atoms with E-state index in [-0.39, 0.29) is 18.6 Å². The Morgan fingerprint density at radius 2 is 1.85 bits per heavy atom. The van der Waals surface area contributed by atoms with Crippen LogP contribution in [-0.2, 0) is 10.2 Å². The van der Waals surface area contributed by atoms with Gasteiger partial charge in [0.25, 0.3) is 0 Å². The van der Waals surface area contributed by atoms with E-state index in [4.69, 9.17) is 5.73 Å². The number of aliphatic hydroxyl groups is 1. The number of nitrogens with two attached hydrogens (primary N) is 1. The first-order valence-corrected chi connectivity index (χ1v) is 7.05. The topological polar surface area (TPSA) is 75.3 Å². The first-order valence-electron chi connectivity index (χ1n) is 7.05. The second-order valence-electron chi connectivity index (χ2n) is 6.23. The number of nitrogens with one attached hydrogen (secondary N) is 1. The van der Waals surface area contributed by atoms with Gasteiger partial charge in [-0.25, -0.2) is 0 Å². The Balaban J connectivity index is 2.80. The van der Waals surface area contributed by atoms with E-state index in [2.05, 4.69) is 19.2 Å². The number of rotatable bonds is 6. The van der Waals surface area contributed by atoms with Gasteiger partial charge >= 0.3 is 0 Å². The van der Waals surface area contributed by atoms with Crippen molar-refractivity contribution in [3.8, 4) is 0 Å². The molecule has 0 radical (unpaired) electrons. The normalized spacial score (nSPS) is 13.3. The van der Waals surface area contributed by atoms with Gasteiger partial charge in [0.05, 0.1) is 18.1 Å². The standard InChI is InChI=1S/C16H26N2O2/c1-11(2)9-14(10-19)18-15(20)16(3,4)12-5-7-13(17)8-6-12/h5-8,11,14,19H,9-10,17H2,1-4H3,(H,18,20). The van der Waals surface area contributed by atoms with E-state index in [1.54, 1.807) is 12.1 Å². The minimum Gasteiger partial charge on any atom is -0.399 e. The first-order chi connectivity index (χ1) is 9.27. The van der Waals surface area contributed by atoms with E-state index in [1.807, 2.05) is 26.0 Å². The van der Waals surface area contributed by atoms with Crippen LogP contribution in [-0.4, -0.2) is 23.7 Å². The van der Waals surface area contributed by atoms with E-state index in [0.717, 1.165) is 12.0 Å². The number of hydrogen-bond acceptors (Lipinski definition) is 3. The summed E-state index contributed by atoms with van der Waals surface area (Å²) in [6, 6.07) is 7.12. The Bertz CT molecular complexity index is 438. The van der Waals surface area contributed by atoms with Crippen molar-refractivity contribution in [2.75, 3.05) is 12.3 Å². The number of carbonyl (C=O) groups is 1. The smallest absolute Gasteiger partial charge is 0.230 e. The number of benzene rings is 1. The Kier molecular flexibility index (Phi) is 5.57. The highest BCUT2D eigenvalue weighted by molar-refractivity contribution is 5.87. The highest BCUT2D eigenvalue weighted by atomic mass is 16.3. The van der Waals surface area contributed by atoms with Crippen LogP contribution >= 0.6 is 0 Å². The summed E-state index contributed by atoms with van der Waals surface area (Å²) in [6.07, 6.45) is 0.764. The zero-order valence-corrected chi connectivity index (χ0v) is 12.8. The molecule has 0 saturated carbocycles. The maximum atomic E-state index is 12.4. The molecule has 0 fully saturated rings. The Morgan fingerprint density at radius 3 is 2.30 bits per heavy atom. The van der Waals surface area contributed by atoms with Crippen molar-refractivity contribution in [2.45, 2.75) is 45.6 Å². The molecule has 0 aliphatic heterocycles. The minimum absolute atomic E-state index is 0.0399. The lowest BCUT2D eigenvalue weighted by Gasteiger charge is -2.28. The van der Waals surface area contributed by atoms with Crippen LogP contribution in [0, 0.1) is 5.92 Å². The lowest BCUT2D eigenvalue weighted by atomic mass is 9.83. The van der Waals surface area contributed by atoms with Gasteiger partial charge in [-0.1, -0.05) is 26.0 Å². The largest absolute Gasteiger partial charge is 0.399 e. The van der Waals surface area contributed by atoms with Gasteiger partial charge in [0.2, 0.25) is 5.91 Å². The molecule has 4 nitrogen and oxygen atoms in total. The van der Waals surface area contributed by atoms with Crippen molar-refractivity contribution < 1.29 is 9.90 Å². The van der Waals surface area contributed by atoms with E-state index < -0.39 is 5.41 Å². The monoisotopic (exact) mass is 278 g/mol. The molecule has 1 rings (SSSR count). The number of anilines is 1. The van der Waals surface area contributed by atoms with E-state index >= 15 is 0 Å². The molecule has 20 heavy (non-hydrogen) atoms. The molecule has 0 aromatic heterocycles. The van der Waals surface area contributed by atoms with Crippen LogP contribution in [0.25, 0.3) is 0 Å². The summed E-state index contributed by atoms with van der Waals surface area (Å²) in [5, 5.41) is 12.3. The third kappa shape index (κ3) is 4.23. The molecule has 1 unspecified atom stereocenters. The van der Waals surface area contributed by atoms with Gasteiger partial charge < -0.3 is 16.2 Å². The number of nitrogen functional groups attached to an aromatic ring is 1. The summed E-state index contributed by atoms with van der Waals surface area (Å²) in [4.78, 5) is 12.4. The number of hydrogen-bond donors (Lipinski definition) is 3. The van der Waals surface area contributed by atoms with Crippen molar-refractivity contribution >= 4 is 11.6 Å². The molecule has 0 spiro atoms. The van der Waals surface area contributed by atoms with Crippen molar-refractivity contribution in [3.63, 3.8) is 0 Å². The van der Waals surface area contributed by atoms with Gasteiger partial charge in [-0.15, -0.1) is 0 Å². The molecular weight excluding hydrogens is 252 g/mol. The van der Waals surface area contributed by atoms with Crippen molar-refractivity contribution in [1.29, 1.82) is 0 Å². The van der Waals surface area contributed by atoms with Crippen molar-refractivity contribution in [1.82, 2.24) is 5.32 Å². The molecule has 0 bridgehead atoms. The fourth-order valence-electron chi connectivity index (χ4n) is 2.14. The van der Waals surface area contributed by atoms with Gasteiger partial charge in [0.15, 0.2) is 0 Å². The SMILES string of the molecule is CC(C)CC(CO)NC(=O)C(C)(C)c1ccc(N)cc1. The lowest BCUT2D eigenvalue weighted by molar-refractivity contribution is -0.126. The molecule has 112 valence electrons. The Hall–Kier alpha value is -1.55. The molecule has 4 N–H and O–H groups in total. The molecule has 0 aliphatic rings. The molecule has 0 aliphatic carbocycles. The summed E-state index contributed by atoms with van der Waals surface area (Å²) in [7, 11) is 0. The summed E-state index contributed by atoms with van der Waals surface area (Å²) in [5.41, 5.74) is 6.60. The highest BCUT2D eigenvalue weighted by Crippen LogP contribution is 2.24. The summed E-state index contributed by atoms with van der Waals surface area (Å²) < 4.78 is 0. The number of aliphatic hydroxyl groups excluding tert-OH is 1. The van der Waals surface area contributed by atoms with Crippen LogP contribution in [0.4, 0.5) is 5.69 Å². The fraction of sp³-hybridized carbons (Fsp3) is 0.562. The van der Waals surface area contributed by atoms with Crippen LogP contribution in [0.15, 0.2) is 24.3 Å². The third-order valence-electron chi connectivity index (χ3n) is 3.51. The summed E-state index contributed by atoms with van der Waals surface area (Å²) in [6.45, 7) is 7.84. The minimum atomic E-state index is -0.655. The maximum absolute atomic E-state index is 12.4. The zero-order valence-electron chi connectivity index (χ0n) is 12.8. The summed E-state index contributed by atoms with van der Waals surface area (Å²) in [5.74, 6) is 0.342. The zero-order chi connectivity index (χ0) is 15.3. The van der Waals surface area contributed by atoms with Crippen LogP contribution in [0.5, 0.6) is 0 Å². The lowest BCUT2D eigenvalue weighted by Crippen LogP contribution is -2.47. The molecule has 0 heterocycles. The molecule has 4 heteroatoms. The van der Waals surface area contributed by atoms with Gasteiger partial charge in [-0.2, -0.15) is 0 Å². The molecule has 1 aromatic rings. The van der Waals surface area contributed by atoms with E-state index in [0.29, 0.717) is 11.6 Å². The van der Waals surface area contributed by atoms with E-state index in [1.165, 1.54) is 0 Å². The Labute approximate surface area is 121 Å². The van der Waals surface area contributed by atoms with Gasteiger partial charge in [-0.05, 0) is 43.9 Å². The van der Waals surface area contributed by atoms with Crippen LogP contribution in [0.3, 0.4) is 0 Å². The molecule has 1 aromatic carbocycles. The average Bonchev–Trinajstić information content (AvgIpc) is 2.37. The quantitative estimate of drug-likeness (QED) is 0.697.